The normalized spacial score (nSPS) is 12.9. The molecule has 2 amide bonds. The lowest BCUT2D eigenvalue weighted by atomic mass is 10.1. The van der Waals surface area contributed by atoms with Gasteiger partial charge in [0.25, 0.3) is 5.91 Å². The lowest BCUT2D eigenvalue weighted by Gasteiger charge is -2.18. The van der Waals surface area contributed by atoms with Crippen LogP contribution in [0.3, 0.4) is 0 Å². The molecule has 2 aromatic rings. The molecule has 3 rings (SSSR count). The van der Waals surface area contributed by atoms with Crippen LogP contribution >= 0.6 is 0 Å². The van der Waals surface area contributed by atoms with Gasteiger partial charge in [0.2, 0.25) is 5.91 Å². The second-order valence-electron chi connectivity index (χ2n) is 4.61. The van der Waals surface area contributed by atoms with E-state index in [0.29, 0.717) is 17.3 Å². The van der Waals surface area contributed by atoms with Crippen molar-refractivity contribution in [2.24, 2.45) is 0 Å². The Hall–Kier alpha value is -2.89. The fourth-order valence-corrected chi connectivity index (χ4v) is 2.05. The molecule has 0 saturated heterocycles. The van der Waals surface area contributed by atoms with Gasteiger partial charge in [-0.3, -0.25) is 9.59 Å². The number of nitrogens with one attached hydrogen (secondary N) is 2. The maximum atomic E-state index is 11.9. The van der Waals surface area contributed by atoms with E-state index >= 15 is 0 Å². The van der Waals surface area contributed by atoms with Crippen molar-refractivity contribution in [1.82, 2.24) is 4.98 Å². The highest BCUT2D eigenvalue weighted by atomic mass is 16.5. The van der Waals surface area contributed by atoms with E-state index in [4.69, 9.17) is 4.74 Å². The van der Waals surface area contributed by atoms with E-state index in [1.165, 1.54) is 0 Å². The highest BCUT2D eigenvalue weighted by Gasteiger charge is 2.16. The molecule has 0 fully saturated rings. The van der Waals surface area contributed by atoms with Crippen LogP contribution in [0.2, 0.25) is 0 Å². The highest BCUT2D eigenvalue weighted by molar-refractivity contribution is 5.96. The van der Waals surface area contributed by atoms with E-state index in [9.17, 15) is 9.59 Å². The molecule has 0 unspecified atom stereocenters. The van der Waals surface area contributed by atoms with Gasteiger partial charge in [-0.2, -0.15) is 0 Å². The molecule has 1 aliphatic heterocycles. The second-order valence-corrected chi connectivity index (χ2v) is 4.61. The number of rotatable bonds is 3. The summed E-state index contributed by atoms with van der Waals surface area (Å²) in [5.74, 6) is 0.759. The molecule has 0 radical (unpaired) electrons. The molecular weight excluding hydrogens is 270 g/mol. The molecule has 1 aromatic heterocycles. The Morgan fingerprint density at radius 3 is 3.05 bits per heavy atom. The van der Waals surface area contributed by atoms with E-state index < -0.39 is 0 Å². The largest absolute Gasteiger partial charge is 0.482 e. The molecule has 0 spiro atoms. The molecule has 1 aromatic carbocycles. The summed E-state index contributed by atoms with van der Waals surface area (Å²) in [6.07, 6.45) is 1.81. The molecule has 2 heterocycles. The smallest absolute Gasteiger partial charge is 0.262 e. The van der Waals surface area contributed by atoms with Crippen LogP contribution in [0.1, 0.15) is 5.56 Å². The number of hydrogen-bond acceptors (Lipinski definition) is 4. The Balaban J connectivity index is 1.69. The number of amides is 2. The topological polar surface area (TPSA) is 80.3 Å². The highest BCUT2D eigenvalue weighted by Crippen LogP contribution is 2.28. The van der Waals surface area contributed by atoms with Crippen molar-refractivity contribution in [3.63, 3.8) is 0 Å². The number of carbonyl (C=O) groups excluding carboxylic acids is 2. The van der Waals surface area contributed by atoms with Gasteiger partial charge in [0.15, 0.2) is 6.61 Å². The number of nitrogens with zero attached hydrogens (tertiary/aromatic N) is 1. The van der Waals surface area contributed by atoms with Crippen LogP contribution in [-0.2, 0) is 16.0 Å². The summed E-state index contributed by atoms with van der Waals surface area (Å²) in [4.78, 5) is 27.3. The first-order valence-electron chi connectivity index (χ1n) is 6.47. The number of pyridine rings is 1. The molecule has 6 heteroatoms. The third kappa shape index (κ3) is 3.17. The van der Waals surface area contributed by atoms with Crippen LogP contribution < -0.4 is 15.4 Å². The van der Waals surface area contributed by atoms with Crippen molar-refractivity contribution in [3.05, 3.63) is 48.2 Å². The predicted molar refractivity (Wildman–Crippen MR) is 77.1 cm³/mol. The second kappa shape index (κ2) is 5.62. The van der Waals surface area contributed by atoms with E-state index in [2.05, 4.69) is 15.6 Å². The average molecular weight is 283 g/mol. The zero-order valence-corrected chi connectivity index (χ0v) is 11.1. The van der Waals surface area contributed by atoms with E-state index in [0.717, 1.165) is 5.56 Å². The predicted octanol–water partition coefficient (Wildman–Crippen LogP) is 1.59. The molecule has 106 valence electrons. The van der Waals surface area contributed by atoms with Gasteiger partial charge in [-0.1, -0.05) is 12.1 Å². The van der Waals surface area contributed by atoms with Crippen LogP contribution in [-0.4, -0.2) is 23.4 Å². The third-order valence-electron chi connectivity index (χ3n) is 2.97. The van der Waals surface area contributed by atoms with Crippen molar-refractivity contribution in [1.29, 1.82) is 0 Å². The van der Waals surface area contributed by atoms with Crippen LogP contribution in [0.4, 0.5) is 11.5 Å². The number of fused-ring (bicyclic) bond motifs is 1. The standard InChI is InChI=1S/C15H13N3O3/c19-14(18-13-3-1-2-6-16-13)8-10-4-5-12-11(7-10)17-15(20)9-21-12/h1-7H,8-9H2,(H,17,20)(H,16,18,19). The van der Waals surface area contributed by atoms with E-state index in [1.807, 2.05) is 0 Å². The monoisotopic (exact) mass is 283 g/mol. The molecule has 0 aliphatic carbocycles. The first kappa shape index (κ1) is 13.1. The lowest BCUT2D eigenvalue weighted by molar-refractivity contribution is -0.118. The Morgan fingerprint density at radius 2 is 2.24 bits per heavy atom. The van der Waals surface area contributed by atoms with Crippen molar-refractivity contribution in [2.45, 2.75) is 6.42 Å². The number of carbonyl (C=O) groups is 2. The SMILES string of the molecule is O=C(Cc1ccc2c(c1)NC(=O)CO2)Nc1ccccn1. The first-order valence-corrected chi connectivity index (χ1v) is 6.47. The summed E-state index contributed by atoms with van der Waals surface area (Å²) in [7, 11) is 0. The minimum Gasteiger partial charge on any atom is -0.482 e. The van der Waals surface area contributed by atoms with Crippen LogP contribution in [0.5, 0.6) is 5.75 Å². The molecular formula is C15H13N3O3. The first-order chi connectivity index (χ1) is 10.2. The summed E-state index contributed by atoms with van der Waals surface area (Å²) in [5.41, 5.74) is 1.38. The van der Waals surface area contributed by atoms with Gasteiger partial charge in [0.1, 0.15) is 11.6 Å². The molecule has 21 heavy (non-hydrogen) atoms. The third-order valence-corrected chi connectivity index (χ3v) is 2.97. The summed E-state index contributed by atoms with van der Waals surface area (Å²) in [6, 6.07) is 10.6. The van der Waals surface area contributed by atoms with Crippen LogP contribution in [0.15, 0.2) is 42.6 Å². The molecule has 1 aliphatic rings. The van der Waals surface area contributed by atoms with Gasteiger partial charge < -0.3 is 15.4 Å². The quantitative estimate of drug-likeness (QED) is 0.896. The minimum absolute atomic E-state index is 0.0203. The van der Waals surface area contributed by atoms with Gasteiger partial charge in [-0.25, -0.2) is 4.98 Å². The van der Waals surface area contributed by atoms with Crippen molar-refractivity contribution < 1.29 is 14.3 Å². The van der Waals surface area contributed by atoms with Crippen molar-refractivity contribution >= 4 is 23.3 Å². The molecule has 2 N–H and O–H groups in total. The summed E-state index contributed by atoms with van der Waals surface area (Å²) < 4.78 is 5.27. The number of aromatic nitrogens is 1. The number of hydrogen-bond donors (Lipinski definition) is 2. The molecule has 0 bridgehead atoms. The summed E-state index contributed by atoms with van der Waals surface area (Å²) in [6.45, 7) is 0.0203. The number of benzene rings is 1. The Bertz CT molecular complexity index is 686. The Labute approximate surface area is 121 Å². The number of ether oxygens (including phenoxy) is 1. The summed E-state index contributed by atoms with van der Waals surface area (Å²) in [5, 5.41) is 5.43. The molecule has 0 saturated carbocycles. The van der Waals surface area contributed by atoms with Crippen LogP contribution in [0.25, 0.3) is 0 Å². The molecule has 0 atom stereocenters. The van der Waals surface area contributed by atoms with Crippen molar-refractivity contribution in [2.75, 3.05) is 17.2 Å². The maximum absolute atomic E-state index is 11.9. The zero-order chi connectivity index (χ0) is 14.7. The fourth-order valence-electron chi connectivity index (χ4n) is 2.05. The Morgan fingerprint density at radius 1 is 1.33 bits per heavy atom. The van der Waals surface area contributed by atoms with Gasteiger partial charge in [-0.15, -0.1) is 0 Å². The summed E-state index contributed by atoms with van der Waals surface area (Å²) >= 11 is 0. The van der Waals surface area contributed by atoms with Crippen molar-refractivity contribution in [3.8, 4) is 5.75 Å². The minimum atomic E-state index is -0.197. The maximum Gasteiger partial charge on any atom is 0.262 e. The lowest BCUT2D eigenvalue weighted by Crippen LogP contribution is -2.25. The van der Waals surface area contributed by atoms with E-state index in [-0.39, 0.29) is 24.8 Å². The molecule has 6 nitrogen and oxygen atoms in total. The average Bonchev–Trinajstić information content (AvgIpc) is 2.47. The van der Waals surface area contributed by atoms with Gasteiger partial charge in [0.05, 0.1) is 12.1 Å². The van der Waals surface area contributed by atoms with E-state index in [1.54, 1.807) is 42.6 Å². The van der Waals surface area contributed by atoms with Crippen LogP contribution in [0, 0.1) is 0 Å². The fraction of sp³-hybridized carbons (Fsp3) is 0.133. The van der Waals surface area contributed by atoms with Gasteiger partial charge >= 0.3 is 0 Å². The number of anilines is 2. The Kier molecular flexibility index (Phi) is 3.51. The van der Waals surface area contributed by atoms with Gasteiger partial charge in [0, 0.05) is 6.20 Å². The van der Waals surface area contributed by atoms with Gasteiger partial charge in [-0.05, 0) is 29.8 Å². The zero-order valence-electron chi connectivity index (χ0n) is 11.1.